The van der Waals surface area contributed by atoms with Gasteiger partial charge in [-0.15, -0.1) is 0 Å². The lowest BCUT2D eigenvalue weighted by atomic mass is 10.2. The summed E-state index contributed by atoms with van der Waals surface area (Å²) in [5.41, 5.74) is 3.20. The first-order valence-corrected chi connectivity index (χ1v) is 8.71. The van der Waals surface area contributed by atoms with Crippen LogP contribution in [0.1, 0.15) is 0 Å². The van der Waals surface area contributed by atoms with E-state index in [4.69, 9.17) is 14.5 Å². The fourth-order valence-electron chi connectivity index (χ4n) is 3.50. The van der Waals surface area contributed by atoms with Crippen molar-refractivity contribution in [3.8, 4) is 11.5 Å². The molecule has 2 aromatic carbocycles. The number of ether oxygens (including phenoxy) is 2. The van der Waals surface area contributed by atoms with Gasteiger partial charge in [0.15, 0.2) is 11.5 Å². The van der Waals surface area contributed by atoms with Crippen LogP contribution in [0, 0.1) is 0 Å². The Bertz CT molecular complexity index is 842. The molecule has 0 aliphatic carbocycles. The quantitative estimate of drug-likeness (QED) is 0.780. The molecule has 1 N–H and O–H groups in total. The molecule has 0 radical (unpaired) electrons. The number of aromatic nitrogens is 2. The van der Waals surface area contributed by atoms with Crippen LogP contribution in [0.3, 0.4) is 0 Å². The van der Waals surface area contributed by atoms with Gasteiger partial charge in [-0.1, -0.05) is 18.2 Å². The van der Waals surface area contributed by atoms with Gasteiger partial charge in [0.2, 0.25) is 5.95 Å². The van der Waals surface area contributed by atoms with E-state index in [2.05, 4.69) is 45.1 Å². The maximum atomic E-state index is 5.66. The number of fused-ring (bicyclic) bond motifs is 2. The van der Waals surface area contributed by atoms with Crippen molar-refractivity contribution in [2.45, 2.75) is 0 Å². The third-order valence-corrected chi connectivity index (χ3v) is 4.83. The van der Waals surface area contributed by atoms with E-state index in [-0.39, 0.29) is 0 Å². The third-order valence-electron chi connectivity index (χ3n) is 4.83. The second-order valence-electron chi connectivity index (χ2n) is 6.38. The van der Waals surface area contributed by atoms with Crippen LogP contribution in [-0.2, 0) is 0 Å². The van der Waals surface area contributed by atoms with Crippen LogP contribution in [0.2, 0.25) is 0 Å². The number of rotatable bonds is 2. The minimum Gasteiger partial charge on any atom is -0.486 e. The van der Waals surface area contributed by atoms with E-state index in [9.17, 15) is 0 Å². The Balaban J connectivity index is 1.36. The molecule has 0 saturated carbocycles. The lowest BCUT2D eigenvalue weighted by molar-refractivity contribution is 0.172. The average Bonchev–Trinajstić information content (AvgIpc) is 3.10. The van der Waals surface area contributed by atoms with Gasteiger partial charge in [-0.3, -0.25) is 0 Å². The Morgan fingerprint density at radius 2 is 1.52 bits per heavy atom. The SMILES string of the molecule is c1ccc(N2CCN(c3nc4cc5c(cc4[nH]3)OCCO5)CC2)cc1. The number of piperazine rings is 1. The summed E-state index contributed by atoms with van der Waals surface area (Å²) in [5, 5.41) is 0. The highest BCUT2D eigenvalue weighted by atomic mass is 16.6. The molecular weight excluding hydrogens is 316 g/mol. The monoisotopic (exact) mass is 336 g/mol. The number of para-hydroxylation sites is 1. The first-order chi connectivity index (χ1) is 12.4. The second-order valence-corrected chi connectivity index (χ2v) is 6.38. The van der Waals surface area contributed by atoms with E-state index in [1.807, 2.05) is 12.1 Å². The molecule has 128 valence electrons. The molecular formula is C19H20N4O2. The summed E-state index contributed by atoms with van der Waals surface area (Å²) in [5.74, 6) is 2.50. The zero-order valence-electron chi connectivity index (χ0n) is 13.9. The Kier molecular flexibility index (Phi) is 3.40. The lowest BCUT2D eigenvalue weighted by Crippen LogP contribution is -2.46. The number of hydrogen-bond donors (Lipinski definition) is 1. The van der Waals surface area contributed by atoms with Gasteiger partial charge in [-0.25, -0.2) is 4.98 Å². The van der Waals surface area contributed by atoms with E-state index in [0.717, 1.165) is 54.7 Å². The van der Waals surface area contributed by atoms with Crippen molar-refractivity contribution in [3.05, 3.63) is 42.5 Å². The van der Waals surface area contributed by atoms with Gasteiger partial charge in [-0.2, -0.15) is 0 Å². The number of benzene rings is 2. The standard InChI is InChI=1S/C19H20N4O2/c1-2-4-14(5-3-1)22-6-8-23(9-7-22)19-20-15-12-17-18(13-16(15)21-19)25-11-10-24-17/h1-5,12-13H,6-11H2,(H,20,21). The fourth-order valence-corrected chi connectivity index (χ4v) is 3.50. The van der Waals surface area contributed by atoms with Crippen molar-refractivity contribution >= 4 is 22.7 Å². The molecule has 0 bridgehead atoms. The van der Waals surface area contributed by atoms with Crippen molar-refractivity contribution in [2.24, 2.45) is 0 Å². The largest absolute Gasteiger partial charge is 0.486 e. The Morgan fingerprint density at radius 3 is 2.28 bits per heavy atom. The van der Waals surface area contributed by atoms with E-state index in [1.165, 1.54) is 5.69 Å². The van der Waals surface area contributed by atoms with Crippen LogP contribution in [0.4, 0.5) is 11.6 Å². The molecule has 6 heteroatoms. The fraction of sp³-hybridized carbons (Fsp3) is 0.316. The number of imidazole rings is 1. The first kappa shape index (κ1) is 14.5. The van der Waals surface area contributed by atoms with E-state index >= 15 is 0 Å². The average molecular weight is 336 g/mol. The number of nitrogens with zero attached hydrogens (tertiary/aromatic N) is 3. The normalized spacial score (nSPS) is 17.1. The topological polar surface area (TPSA) is 53.6 Å². The number of anilines is 2. The van der Waals surface area contributed by atoms with Crippen molar-refractivity contribution in [1.29, 1.82) is 0 Å². The summed E-state index contributed by atoms with van der Waals surface area (Å²) >= 11 is 0. The molecule has 2 aliphatic heterocycles. The molecule has 1 aromatic heterocycles. The number of aromatic amines is 1. The molecule has 3 aromatic rings. The van der Waals surface area contributed by atoms with Gasteiger partial charge in [0.1, 0.15) is 13.2 Å². The van der Waals surface area contributed by atoms with Crippen molar-refractivity contribution in [2.75, 3.05) is 49.2 Å². The highest BCUT2D eigenvalue weighted by Crippen LogP contribution is 2.34. The summed E-state index contributed by atoms with van der Waals surface area (Å²) in [6.07, 6.45) is 0. The molecule has 1 saturated heterocycles. The van der Waals surface area contributed by atoms with E-state index in [0.29, 0.717) is 13.2 Å². The second kappa shape index (κ2) is 5.88. The molecule has 0 spiro atoms. The highest BCUT2D eigenvalue weighted by Gasteiger charge is 2.21. The maximum absolute atomic E-state index is 5.66. The van der Waals surface area contributed by atoms with Crippen molar-refractivity contribution in [3.63, 3.8) is 0 Å². The smallest absolute Gasteiger partial charge is 0.203 e. The summed E-state index contributed by atoms with van der Waals surface area (Å²) in [4.78, 5) is 12.9. The summed E-state index contributed by atoms with van der Waals surface area (Å²) in [6, 6.07) is 14.5. The molecule has 0 atom stereocenters. The van der Waals surface area contributed by atoms with Crippen molar-refractivity contribution < 1.29 is 9.47 Å². The minimum absolute atomic E-state index is 0.594. The molecule has 3 heterocycles. The summed E-state index contributed by atoms with van der Waals surface area (Å²) in [6.45, 7) is 5.06. The zero-order chi connectivity index (χ0) is 16.6. The molecule has 25 heavy (non-hydrogen) atoms. The van der Waals surface area contributed by atoms with E-state index < -0.39 is 0 Å². The van der Waals surface area contributed by atoms with Crippen LogP contribution in [-0.4, -0.2) is 49.4 Å². The number of hydrogen-bond acceptors (Lipinski definition) is 5. The number of H-pyrrole nitrogens is 1. The van der Waals surface area contributed by atoms with Crippen molar-refractivity contribution in [1.82, 2.24) is 9.97 Å². The Labute approximate surface area is 146 Å². The van der Waals surface area contributed by atoms with Crippen LogP contribution in [0.15, 0.2) is 42.5 Å². The van der Waals surface area contributed by atoms with Gasteiger partial charge in [-0.05, 0) is 12.1 Å². The number of nitrogens with one attached hydrogen (secondary N) is 1. The Hall–Kier alpha value is -2.89. The van der Waals surface area contributed by atoms with Gasteiger partial charge in [0.05, 0.1) is 11.0 Å². The van der Waals surface area contributed by atoms with E-state index in [1.54, 1.807) is 0 Å². The van der Waals surface area contributed by atoms with Crippen LogP contribution >= 0.6 is 0 Å². The van der Waals surface area contributed by atoms with Crippen LogP contribution in [0.25, 0.3) is 11.0 Å². The van der Waals surface area contributed by atoms with Gasteiger partial charge >= 0.3 is 0 Å². The Morgan fingerprint density at radius 1 is 0.840 bits per heavy atom. The third kappa shape index (κ3) is 2.63. The van der Waals surface area contributed by atoms with Gasteiger partial charge in [0, 0.05) is 44.0 Å². The molecule has 2 aliphatic rings. The van der Waals surface area contributed by atoms with Crippen LogP contribution in [0.5, 0.6) is 11.5 Å². The summed E-state index contributed by atoms with van der Waals surface area (Å²) < 4.78 is 11.3. The molecule has 0 unspecified atom stereocenters. The molecule has 5 rings (SSSR count). The van der Waals surface area contributed by atoms with Gasteiger partial charge < -0.3 is 24.3 Å². The van der Waals surface area contributed by atoms with Gasteiger partial charge in [0.25, 0.3) is 0 Å². The lowest BCUT2D eigenvalue weighted by Gasteiger charge is -2.35. The predicted octanol–water partition coefficient (Wildman–Crippen LogP) is 2.66. The zero-order valence-corrected chi connectivity index (χ0v) is 13.9. The molecule has 1 fully saturated rings. The predicted molar refractivity (Wildman–Crippen MR) is 98.0 cm³/mol. The molecule has 0 amide bonds. The van der Waals surface area contributed by atoms with Crippen LogP contribution < -0.4 is 19.3 Å². The molecule has 6 nitrogen and oxygen atoms in total. The minimum atomic E-state index is 0.594. The highest BCUT2D eigenvalue weighted by molar-refractivity contribution is 5.82. The summed E-state index contributed by atoms with van der Waals surface area (Å²) in [7, 11) is 0. The first-order valence-electron chi connectivity index (χ1n) is 8.71. The maximum Gasteiger partial charge on any atom is 0.203 e.